The zero-order valence-corrected chi connectivity index (χ0v) is 9.15. The number of hydrogen-bond donors (Lipinski definition) is 2. The molecule has 2 nitrogen and oxygen atoms in total. The van der Waals surface area contributed by atoms with Gasteiger partial charge >= 0.3 is 18.9 Å². The van der Waals surface area contributed by atoms with Crippen LogP contribution < -0.4 is 30.3 Å². The third kappa shape index (κ3) is 10.1. The molecule has 0 aromatic carbocycles. The van der Waals surface area contributed by atoms with Crippen LogP contribution in [0.25, 0.3) is 0 Å². The standard InChI is InChI=1S/C6H16N2.C3H5.Li/c1-5(2,7)6(3,4)8;1-3-2;/h7-8H2,1-4H3;3H,1-2H2;/q;-1;+1. The summed E-state index contributed by atoms with van der Waals surface area (Å²) >= 11 is 0. The number of nitrogens with two attached hydrogens (primary N) is 2. The molecule has 3 heteroatoms. The van der Waals surface area contributed by atoms with E-state index in [2.05, 4.69) is 13.5 Å². The normalized spacial score (nSPS) is 10.5. The Morgan fingerprint density at radius 2 is 1.17 bits per heavy atom. The number of allylic oxidation sites excluding steroid dienone is 1. The van der Waals surface area contributed by atoms with Gasteiger partial charge in [0.1, 0.15) is 0 Å². The van der Waals surface area contributed by atoms with Crippen LogP contribution in [0.4, 0.5) is 0 Å². The minimum Gasteiger partial charge on any atom is -0.324 e. The predicted octanol–water partition coefficient (Wildman–Crippen LogP) is -1.53. The van der Waals surface area contributed by atoms with Crippen LogP contribution >= 0.6 is 0 Å². The molecule has 12 heavy (non-hydrogen) atoms. The number of hydrogen-bond acceptors (Lipinski definition) is 2. The Kier molecular flexibility index (Phi) is 9.95. The number of rotatable bonds is 1. The van der Waals surface area contributed by atoms with Crippen molar-refractivity contribution in [2.24, 2.45) is 11.5 Å². The van der Waals surface area contributed by atoms with Gasteiger partial charge in [0.2, 0.25) is 0 Å². The van der Waals surface area contributed by atoms with Crippen LogP contribution in [0, 0.1) is 6.92 Å². The van der Waals surface area contributed by atoms with E-state index >= 15 is 0 Å². The summed E-state index contributed by atoms with van der Waals surface area (Å²) in [5.41, 5.74) is 10.8. The molecule has 0 radical (unpaired) electrons. The molecule has 0 saturated heterocycles. The molecule has 0 bridgehead atoms. The minimum atomic E-state index is -0.285. The second-order valence-electron chi connectivity index (χ2n) is 3.73. The molecule has 0 fully saturated rings. The largest absolute Gasteiger partial charge is 1.00 e. The second kappa shape index (κ2) is 6.62. The monoisotopic (exact) mass is 164 g/mol. The first-order valence-corrected chi connectivity index (χ1v) is 3.64. The summed E-state index contributed by atoms with van der Waals surface area (Å²) in [6.07, 6.45) is 1.50. The third-order valence-corrected chi connectivity index (χ3v) is 1.66. The SMILES string of the molecule is C=C[CH2-].CC(C)(N)C(C)(C)N.[Li+]. The molecule has 0 aliphatic rings. The first-order valence-electron chi connectivity index (χ1n) is 3.64. The Labute approximate surface area is 89.0 Å². The van der Waals surface area contributed by atoms with Gasteiger partial charge in [0, 0.05) is 11.1 Å². The molecule has 68 valence electrons. The molecule has 4 N–H and O–H groups in total. The fourth-order valence-electron chi connectivity index (χ4n) is 0. The van der Waals surface area contributed by atoms with Crippen molar-refractivity contribution in [1.29, 1.82) is 0 Å². The fraction of sp³-hybridized carbons (Fsp3) is 0.667. The van der Waals surface area contributed by atoms with Crippen molar-refractivity contribution in [3.63, 3.8) is 0 Å². The first-order chi connectivity index (χ1) is 4.66. The van der Waals surface area contributed by atoms with Gasteiger partial charge in [-0.3, -0.25) is 0 Å². The molecule has 0 spiro atoms. The Morgan fingerprint density at radius 1 is 1.08 bits per heavy atom. The molecule has 0 aliphatic carbocycles. The molecule has 0 aromatic heterocycles. The topological polar surface area (TPSA) is 52.0 Å². The minimum absolute atomic E-state index is 0. The van der Waals surface area contributed by atoms with E-state index in [0.717, 1.165) is 0 Å². The van der Waals surface area contributed by atoms with Gasteiger partial charge in [-0.25, -0.2) is 19.6 Å². The summed E-state index contributed by atoms with van der Waals surface area (Å²) in [5.74, 6) is 0. The van der Waals surface area contributed by atoms with Crippen LogP contribution in [0.3, 0.4) is 0 Å². The summed E-state index contributed by atoms with van der Waals surface area (Å²) < 4.78 is 0. The van der Waals surface area contributed by atoms with Crippen LogP contribution in [-0.4, -0.2) is 11.1 Å². The van der Waals surface area contributed by atoms with E-state index in [1.807, 2.05) is 27.7 Å². The van der Waals surface area contributed by atoms with Gasteiger partial charge in [-0.1, -0.05) is 0 Å². The third-order valence-electron chi connectivity index (χ3n) is 1.66. The predicted molar refractivity (Wildman–Crippen MR) is 52.1 cm³/mol. The van der Waals surface area contributed by atoms with E-state index in [-0.39, 0.29) is 29.9 Å². The zero-order chi connectivity index (χ0) is 9.71. The van der Waals surface area contributed by atoms with Crippen molar-refractivity contribution in [2.75, 3.05) is 0 Å². The van der Waals surface area contributed by atoms with Crippen LogP contribution in [0.5, 0.6) is 0 Å². The summed E-state index contributed by atoms with van der Waals surface area (Å²) in [7, 11) is 0. The van der Waals surface area contributed by atoms with Gasteiger partial charge in [-0.05, 0) is 27.7 Å². The van der Waals surface area contributed by atoms with Crippen LogP contribution in [0.15, 0.2) is 12.7 Å². The van der Waals surface area contributed by atoms with E-state index in [1.54, 1.807) is 0 Å². The fourth-order valence-corrected chi connectivity index (χ4v) is 0. The molecule has 0 amide bonds. The van der Waals surface area contributed by atoms with Crippen molar-refractivity contribution < 1.29 is 18.9 Å². The van der Waals surface area contributed by atoms with E-state index in [0.29, 0.717) is 0 Å². The van der Waals surface area contributed by atoms with E-state index in [1.165, 1.54) is 6.08 Å². The van der Waals surface area contributed by atoms with Crippen molar-refractivity contribution >= 4 is 0 Å². The van der Waals surface area contributed by atoms with E-state index in [4.69, 9.17) is 11.5 Å². The Hall–Kier alpha value is 0.127. The van der Waals surface area contributed by atoms with Crippen molar-refractivity contribution in [2.45, 2.75) is 38.8 Å². The maximum absolute atomic E-state index is 5.69. The second-order valence-corrected chi connectivity index (χ2v) is 3.73. The zero-order valence-electron chi connectivity index (χ0n) is 9.15. The average Bonchev–Trinajstić information content (AvgIpc) is 1.60. The smallest absolute Gasteiger partial charge is 0.324 e. The van der Waals surface area contributed by atoms with Crippen molar-refractivity contribution in [3.05, 3.63) is 19.6 Å². The summed E-state index contributed by atoms with van der Waals surface area (Å²) in [4.78, 5) is 0. The average molecular weight is 164 g/mol. The molecular weight excluding hydrogens is 143 g/mol. The molecule has 0 rings (SSSR count). The van der Waals surface area contributed by atoms with Gasteiger partial charge in [0.15, 0.2) is 0 Å². The van der Waals surface area contributed by atoms with Crippen molar-refractivity contribution in [3.8, 4) is 0 Å². The van der Waals surface area contributed by atoms with Crippen molar-refractivity contribution in [1.82, 2.24) is 0 Å². The molecule has 0 atom stereocenters. The molecular formula is C9H21LiN2. The maximum atomic E-state index is 5.69. The van der Waals surface area contributed by atoms with Crippen LogP contribution in [0.1, 0.15) is 27.7 Å². The Morgan fingerprint density at radius 3 is 1.17 bits per heavy atom. The van der Waals surface area contributed by atoms with Crippen LogP contribution in [-0.2, 0) is 0 Å². The van der Waals surface area contributed by atoms with Gasteiger partial charge < -0.3 is 11.5 Å². The molecule has 0 aromatic rings. The molecule has 0 unspecified atom stereocenters. The van der Waals surface area contributed by atoms with E-state index in [9.17, 15) is 0 Å². The molecule has 0 saturated carbocycles. The first kappa shape index (κ1) is 18.0. The maximum Gasteiger partial charge on any atom is 1.00 e. The van der Waals surface area contributed by atoms with Gasteiger partial charge in [-0.15, -0.1) is 0 Å². The molecule has 0 heterocycles. The summed E-state index contributed by atoms with van der Waals surface area (Å²) in [5, 5.41) is 0. The quantitative estimate of drug-likeness (QED) is 0.365. The Balaban J connectivity index is -0.000000177. The van der Waals surface area contributed by atoms with Gasteiger partial charge in [-0.2, -0.15) is 0 Å². The van der Waals surface area contributed by atoms with E-state index < -0.39 is 0 Å². The molecule has 0 aliphatic heterocycles. The van der Waals surface area contributed by atoms with Gasteiger partial charge in [0.25, 0.3) is 0 Å². The van der Waals surface area contributed by atoms with Crippen LogP contribution in [0.2, 0.25) is 0 Å². The Bertz CT molecular complexity index is 96.7. The van der Waals surface area contributed by atoms with Gasteiger partial charge in [0.05, 0.1) is 0 Å². The summed E-state index contributed by atoms with van der Waals surface area (Å²) in [6, 6.07) is 0. The summed E-state index contributed by atoms with van der Waals surface area (Å²) in [6.45, 7) is 14.2.